The van der Waals surface area contributed by atoms with Crippen LogP contribution in [0.2, 0.25) is 0 Å². The summed E-state index contributed by atoms with van der Waals surface area (Å²) in [4.78, 5) is 32.3. The minimum atomic E-state index is -0.673. The maximum atomic E-state index is 13.3. The number of nitrogens with zero attached hydrogens (tertiary/aromatic N) is 11. The predicted octanol–water partition coefficient (Wildman–Crippen LogP) is 0.201. The Labute approximate surface area is 213 Å². The molecule has 4 aromatic rings. The molecule has 1 unspecified atom stereocenters. The van der Waals surface area contributed by atoms with E-state index in [2.05, 4.69) is 45.7 Å². The Morgan fingerprint density at radius 1 is 1.16 bits per heavy atom. The third-order valence-corrected chi connectivity index (χ3v) is 6.78. The second-order valence-electron chi connectivity index (χ2n) is 9.72. The van der Waals surface area contributed by atoms with Crippen LogP contribution in [0.5, 0.6) is 0 Å². The average Bonchev–Trinajstić information content (AvgIpc) is 3.65. The van der Waals surface area contributed by atoms with Crippen molar-refractivity contribution >= 4 is 17.5 Å². The van der Waals surface area contributed by atoms with Gasteiger partial charge in [-0.05, 0) is 36.6 Å². The standard InChI is InChI=1S/C23H30N12O2/c1-13(2)22(23(37)32(5)12-19-27-26-17-7-6-8-33(17)19)25-20(36)9-16-14(3)29-34(15(16)4)21-11-24-10-18-28-30-31-35(18)21/h10-11,13,22H,6-9,12H2,1-5H3,(H,25,36). The number of tetrazole rings is 1. The van der Waals surface area contributed by atoms with Gasteiger partial charge in [0.25, 0.3) is 0 Å². The SMILES string of the molecule is Cc1nn(-c2cncc3nnnn23)c(C)c1CC(=O)NC(C(=O)N(C)Cc1nnc2n1CCC2)C(C)C. The van der Waals surface area contributed by atoms with E-state index in [1.165, 1.54) is 4.52 Å². The smallest absolute Gasteiger partial charge is 0.245 e. The molecule has 4 aromatic heterocycles. The van der Waals surface area contributed by atoms with Gasteiger partial charge in [0.15, 0.2) is 17.3 Å². The van der Waals surface area contributed by atoms with E-state index in [4.69, 9.17) is 0 Å². The fourth-order valence-corrected chi connectivity index (χ4v) is 4.72. The van der Waals surface area contributed by atoms with Crippen molar-refractivity contribution in [1.82, 2.24) is 59.8 Å². The number of aryl methyl sites for hydroxylation is 2. The third-order valence-electron chi connectivity index (χ3n) is 6.78. The Morgan fingerprint density at radius 3 is 2.76 bits per heavy atom. The monoisotopic (exact) mass is 506 g/mol. The molecule has 1 aliphatic rings. The minimum Gasteiger partial charge on any atom is -0.344 e. The molecule has 1 aliphatic heterocycles. The van der Waals surface area contributed by atoms with Crippen LogP contribution in [0.25, 0.3) is 11.5 Å². The summed E-state index contributed by atoms with van der Waals surface area (Å²) >= 11 is 0. The summed E-state index contributed by atoms with van der Waals surface area (Å²) in [5.74, 6) is 1.77. The van der Waals surface area contributed by atoms with Crippen LogP contribution < -0.4 is 5.32 Å². The van der Waals surface area contributed by atoms with Gasteiger partial charge in [-0.2, -0.15) is 9.61 Å². The highest BCUT2D eigenvalue weighted by molar-refractivity contribution is 5.88. The summed E-state index contributed by atoms with van der Waals surface area (Å²) in [6.45, 7) is 8.76. The molecule has 0 spiro atoms. The van der Waals surface area contributed by atoms with Crippen LogP contribution in [-0.4, -0.2) is 79.4 Å². The van der Waals surface area contributed by atoms with Gasteiger partial charge < -0.3 is 14.8 Å². The summed E-state index contributed by atoms with van der Waals surface area (Å²) in [5.41, 5.74) is 2.72. The fraction of sp³-hybridized carbons (Fsp3) is 0.522. The second-order valence-corrected chi connectivity index (χ2v) is 9.72. The van der Waals surface area contributed by atoms with Gasteiger partial charge in [-0.3, -0.25) is 14.6 Å². The van der Waals surface area contributed by atoms with Crippen LogP contribution in [-0.2, 0) is 35.5 Å². The van der Waals surface area contributed by atoms with E-state index >= 15 is 0 Å². The maximum Gasteiger partial charge on any atom is 0.245 e. The Hall–Kier alpha value is -4.23. The number of rotatable bonds is 8. The second kappa shape index (κ2) is 9.67. The molecular weight excluding hydrogens is 476 g/mol. The van der Waals surface area contributed by atoms with Crippen LogP contribution in [0.1, 0.15) is 48.9 Å². The first-order valence-corrected chi connectivity index (χ1v) is 12.3. The summed E-state index contributed by atoms with van der Waals surface area (Å²) in [6, 6.07) is -0.673. The molecule has 0 radical (unpaired) electrons. The Kier molecular flexibility index (Phi) is 6.39. The molecule has 1 atom stereocenters. The highest BCUT2D eigenvalue weighted by atomic mass is 16.2. The van der Waals surface area contributed by atoms with Gasteiger partial charge in [0, 0.05) is 31.3 Å². The molecule has 5 heterocycles. The first-order chi connectivity index (χ1) is 17.7. The molecule has 194 valence electrons. The number of aromatic nitrogens is 10. The summed E-state index contributed by atoms with van der Waals surface area (Å²) < 4.78 is 5.27. The van der Waals surface area contributed by atoms with Crippen molar-refractivity contribution in [3.05, 3.63) is 41.0 Å². The number of fused-ring (bicyclic) bond motifs is 2. The van der Waals surface area contributed by atoms with Crippen molar-refractivity contribution < 1.29 is 9.59 Å². The molecule has 5 rings (SSSR count). The Morgan fingerprint density at radius 2 is 1.97 bits per heavy atom. The lowest BCUT2D eigenvalue weighted by molar-refractivity contribution is -0.137. The molecule has 0 saturated heterocycles. The van der Waals surface area contributed by atoms with Crippen LogP contribution in [0.15, 0.2) is 12.4 Å². The van der Waals surface area contributed by atoms with Gasteiger partial charge in [-0.25, -0.2) is 4.68 Å². The number of carbonyl (C=O) groups is 2. The predicted molar refractivity (Wildman–Crippen MR) is 130 cm³/mol. The molecule has 0 aromatic carbocycles. The molecule has 0 aliphatic carbocycles. The van der Waals surface area contributed by atoms with Gasteiger partial charge in [0.05, 0.1) is 31.1 Å². The molecule has 14 heteroatoms. The van der Waals surface area contributed by atoms with E-state index in [9.17, 15) is 9.59 Å². The van der Waals surface area contributed by atoms with Crippen LogP contribution >= 0.6 is 0 Å². The lowest BCUT2D eigenvalue weighted by atomic mass is 10.0. The number of carbonyl (C=O) groups excluding carboxylic acids is 2. The van der Waals surface area contributed by atoms with Crippen molar-refractivity contribution in [3.63, 3.8) is 0 Å². The van der Waals surface area contributed by atoms with Crippen molar-refractivity contribution in [2.24, 2.45) is 5.92 Å². The summed E-state index contributed by atoms with van der Waals surface area (Å²) in [5, 5.41) is 27.6. The first-order valence-electron chi connectivity index (χ1n) is 12.3. The zero-order valence-electron chi connectivity index (χ0n) is 21.6. The Balaban J connectivity index is 1.30. The first kappa shape index (κ1) is 24.5. The number of hydrogen-bond acceptors (Lipinski definition) is 9. The number of likely N-dealkylation sites (N-methyl/N-ethyl adjacent to an activating group) is 1. The minimum absolute atomic E-state index is 0.0780. The van der Waals surface area contributed by atoms with Gasteiger partial charge in [0.2, 0.25) is 11.8 Å². The molecule has 2 amide bonds. The van der Waals surface area contributed by atoms with Gasteiger partial charge in [-0.15, -0.1) is 15.3 Å². The number of amides is 2. The highest BCUT2D eigenvalue weighted by Crippen LogP contribution is 2.19. The van der Waals surface area contributed by atoms with Crippen molar-refractivity contribution in [2.45, 2.75) is 66.1 Å². The largest absolute Gasteiger partial charge is 0.344 e. The lowest BCUT2D eigenvalue weighted by Crippen LogP contribution is -2.50. The topological polar surface area (TPSA) is 154 Å². The zero-order valence-corrected chi connectivity index (χ0v) is 21.6. The molecule has 37 heavy (non-hydrogen) atoms. The lowest BCUT2D eigenvalue weighted by Gasteiger charge is -2.27. The Bertz CT molecular complexity index is 1470. The maximum absolute atomic E-state index is 13.3. The van der Waals surface area contributed by atoms with Crippen LogP contribution in [0, 0.1) is 19.8 Å². The van der Waals surface area contributed by atoms with Gasteiger partial charge in [0.1, 0.15) is 11.9 Å². The van der Waals surface area contributed by atoms with E-state index in [-0.39, 0.29) is 24.2 Å². The highest BCUT2D eigenvalue weighted by Gasteiger charge is 2.29. The molecule has 14 nitrogen and oxygen atoms in total. The molecular formula is C23H30N12O2. The quantitative estimate of drug-likeness (QED) is 0.353. The molecule has 0 fully saturated rings. The fourth-order valence-electron chi connectivity index (χ4n) is 4.72. The van der Waals surface area contributed by atoms with E-state index in [0.717, 1.165) is 42.3 Å². The zero-order chi connectivity index (χ0) is 26.3. The number of hydrogen-bond donors (Lipinski definition) is 1. The van der Waals surface area contributed by atoms with Gasteiger partial charge in [-0.1, -0.05) is 13.8 Å². The summed E-state index contributed by atoms with van der Waals surface area (Å²) in [6.07, 6.45) is 5.19. The average molecular weight is 507 g/mol. The van der Waals surface area contributed by atoms with E-state index in [1.54, 1.807) is 29.0 Å². The van der Waals surface area contributed by atoms with Crippen molar-refractivity contribution in [1.29, 1.82) is 0 Å². The normalized spacial score (nSPS) is 13.8. The summed E-state index contributed by atoms with van der Waals surface area (Å²) in [7, 11) is 1.73. The number of nitrogens with one attached hydrogen (secondary N) is 1. The van der Waals surface area contributed by atoms with Crippen LogP contribution in [0.4, 0.5) is 0 Å². The van der Waals surface area contributed by atoms with Crippen molar-refractivity contribution in [3.8, 4) is 5.82 Å². The molecule has 0 saturated carbocycles. The van der Waals surface area contributed by atoms with E-state index in [1.807, 2.05) is 27.7 Å². The van der Waals surface area contributed by atoms with Crippen LogP contribution in [0.3, 0.4) is 0 Å². The van der Waals surface area contributed by atoms with Crippen molar-refractivity contribution in [2.75, 3.05) is 7.05 Å². The van der Waals surface area contributed by atoms with E-state index < -0.39 is 6.04 Å². The third kappa shape index (κ3) is 4.54. The van der Waals surface area contributed by atoms with Gasteiger partial charge >= 0.3 is 0 Å². The molecule has 1 N–H and O–H groups in total. The molecule has 0 bridgehead atoms. The van der Waals surface area contributed by atoms with E-state index in [0.29, 0.717) is 23.7 Å².